The topological polar surface area (TPSA) is 206 Å². The molecule has 0 amide bonds. The third-order valence-electron chi connectivity index (χ3n) is 19.9. The van der Waals surface area contributed by atoms with Gasteiger partial charge in [0.05, 0.1) is 74.2 Å². The quantitative estimate of drug-likeness (QED) is 0.0396. The molecule has 0 fully saturated rings. The summed E-state index contributed by atoms with van der Waals surface area (Å²) in [5.41, 5.74) is 15.8. The van der Waals surface area contributed by atoms with Gasteiger partial charge in [-0.1, -0.05) is 188 Å². The van der Waals surface area contributed by atoms with Crippen molar-refractivity contribution in [2.45, 2.75) is 26.4 Å². The third kappa shape index (κ3) is 14.8. The summed E-state index contributed by atoms with van der Waals surface area (Å²) in [5.74, 6) is -1.42. The second-order valence-corrected chi connectivity index (χ2v) is 27.3. The predicted octanol–water partition coefficient (Wildman–Crippen LogP) is 21.8. The lowest BCUT2D eigenvalue weighted by Crippen LogP contribution is -2.05. The Hall–Kier alpha value is -16.0. The van der Waals surface area contributed by atoms with Gasteiger partial charge in [-0.3, -0.25) is 0 Å². The summed E-state index contributed by atoms with van der Waals surface area (Å²) < 4.78 is 27.8. The molecule has 3 aromatic heterocycles. The number of hydrogen-bond acceptors (Lipinski definition) is 13. The van der Waals surface area contributed by atoms with E-state index in [2.05, 4.69) is 26.1 Å². The van der Waals surface area contributed by atoms with Gasteiger partial charge >= 0.3 is 23.9 Å². The second-order valence-electron chi connectivity index (χ2n) is 27.3. The molecule has 14 aromatic carbocycles. The number of carbonyl (C=O) groups excluding carboxylic acids is 4. The van der Waals surface area contributed by atoms with Crippen LogP contribution in [-0.2, 0) is 45.4 Å². The van der Waals surface area contributed by atoms with E-state index >= 15 is 0 Å². The number of esters is 4. The number of aromatic nitrogens is 5. The highest BCUT2D eigenvalue weighted by atomic mass is 16.5. The summed E-state index contributed by atoms with van der Waals surface area (Å²) in [6.07, 6.45) is 0. The van der Waals surface area contributed by atoms with Crippen LogP contribution in [0.1, 0.15) is 74.8 Å². The van der Waals surface area contributed by atoms with Crippen LogP contribution >= 0.6 is 0 Å². The Morgan fingerprint density at radius 2 is 0.596 bits per heavy atom. The molecule has 0 N–H and O–H groups in total. The normalized spacial score (nSPS) is 11.1. The fraction of sp³-hybridized carbons (Fsp3) is 0.0408. The van der Waals surface area contributed by atoms with Crippen LogP contribution in [0, 0.1) is 29.2 Å². The lowest BCUT2D eigenvalue weighted by Gasteiger charge is -2.16. The maximum absolute atomic E-state index is 14.2. The van der Waals surface area contributed by atoms with E-state index in [1.165, 1.54) is 0 Å². The molecule has 0 spiro atoms. The van der Waals surface area contributed by atoms with Gasteiger partial charge in [0, 0.05) is 49.6 Å². The lowest BCUT2D eigenvalue weighted by molar-refractivity contribution is 0.0464. The van der Waals surface area contributed by atoms with E-state index < -0.39 is 23.9 Å². The van der Waals surface area contributed by atoms with Crippen LogP contribution in [-0.4, -0.2) is 48.0 Å². The van der Waals surface area contributed by atoms with Crippen molar-refractivity contribution in [1.29, 1.82) is 10.5 Å². The summed E-state index contributed by atoms with van der Waals surface area (Å²) >= 11 is 0. The molecule has 17 aromatic rings. The van der Waals surface area contributed by atoms with Crippen molar-refractivity contribution in [1.82, 2.24) is 24.1 Å². The predicted molar refractivity (Wildman–Crippen MR) is 439 cm³/mol. The minimum Gasteiger partial charge on any atom is -0.457 e. The SMILES string of the molecule is [C-]#[N+]c1ccc(-c2cccc(-c3nc(-c4cc(-c5cccc(C#N)c5)cc(-n5c6ccc(C(=O)OCc7ccccc7)cc6c6cc(C(=O)OCc7ccccc7)ccc65)c4)nc(-c4cc(-c5cccc(C#N)c5)cc(-n5c6ccc(C(=O)OCc7ccccc7)cc6c6cc(C(=O)OCc7ccccc7)ccc65)c4)n3)c2)cc1. The molecule has 0 bridgehead atoms. The maximum atomic E-state index is 14.2. The van der Waals surface area contributed by atoms with Crippen molar-refractivity contribution in [3.8, 4) is 91.1 Å². The number of fused-ring (bicyclic) bond motifs is 6. The number of carbonyl (C=O) groups is 4. The van der Waals surface area contributed by atoms with E-state index in [1.807, 2.05) is 255 Å². The number of nitrogens with zero attached hydrogens (tertiary/aromatic N) is 8. The average molecular weight is 1480 g/mol. The van der Waals surface area contributed by atoms with Crippen LogP contribution in [0.3, 0.4) is 0 Å². The van der Waals surface area contributed by atoms with E-state index in [0.29, 0.717) is 111 Å². The van der Waals surface area contributed by atoms with Gasteiger partial charge in [-0.15, -0.1) is 0 Å². The number of hydrogen-bond donors (Lipinski definition) is 0. The van der Waals surface area contributed by atoms with Crippen LogP contribution in [0.15, 0.2) is 328 Å². The molecular formula is C98H62N8O8. The Bertz CT molecular complexity index is 6220. The number of benzene rings is 14. The average Bonchev–Trinajstić information content (AvgIpc) is 1.60. The number of nitriles is 2. The Morgan fingerprint density at radius 1 is 0.298 bits per heavy atom. The van der Waals surface area contributed by atoms with Crippen molar-refractivity contribution in [3.63, 3.8) is 0 Å². The van der Waals surface area contributed by atoms with Crippen molar-refractivity contribution in [3.05, 3.63) is 395 Å². The highest BCUT2D eigenvalue weighted by Crippen LogP contribution is 2.42. The van der Waals surface area contributed by atoms with E-state index in [-0.39, 0.29) is 66.2 Å². The first-order valence-electron chi connectivity index (χ1n) is 36.6. The standard InChI is InChI=1S/C98H62N8O8/c1-101-81-37-31-68(32-38-81)71-29-16-30-72(45-71)92-102-93(79-46-77(69-27-14-25-66(43-69)56-99)48-82(50-79)105-88-39-33-73(95(107)111-58-62-17-6-2-7-18-62)52-84(88)85-53-74(34-40-89(85)105)96(108)112-59-63-19-8-3-9-20-63)104-94(103-92)80-47-78(70-28-15-26-67(44-70)57-100)49-83(51-80)106-90-41-35-75(97(109)113-60-64-21-10-4-11-22-64)54-86(90)87-55-76(36-42-91(87)106)98(110)114-61-65-23-12-5-13-24-65/h2-55H,58-61H2. The lowest BCUT2D eigenvalue weighted by atomic mass is 9.99. The first kappa shape index (κ1) is 71.0. The molecule has 0 radical (unpaired) electrons. The van der Waals surface area contributed by atoms with Crippen LogP contribution in [0.25, 0.3) is 127 Å². The molecule has 16 heteroatoms. The van der Waals surface area contributed by atoms with Gasteiger partial charge in [-0.25, -0.2) is 39.0 Å². The zero-order valence-electron chi connectivity index (χ0n) is 60.8. The smallest absolute Gasteiger partial charge is 0.338 e. The first-order valence-corrected chi connectivity index (χ1v) is 36.6. The van der Waals surface area contributed by atoms with Crippen LogP contribution in [0.4, 0.5) is 5.69 Å². The van der Waals surface area contributed by atoms with Gasteiger partial charge < -0.3 is 28.1 Å². The van der Waals surface area contributed by atoms with Crippen molar-refractivity contribution < 1.29 is 38.1 Å². The van der Waals surface area contributed by atoms with E-state index in [1.54, 1.807) is 72.8 Å². The van der Waals surface area contributed by atoms with Crippen molar-refractivity contribution >= 4 is 73.2 Å². The fourth-order valence-corrected chi connectivity index (χ4v) is 14.3. The Morgan fingerprint density at radius 3 is 0.930 bits per heavy atom. The van der Waals surface area contributed by atoms with Gasteiger partial charge in [0.1, 0.15) is 26.4 Å². The first-order chi connectivity index (χ1) is 55.9. The molecule has 3 heterocycles. The van der Waals surface area contributed by atoms with Crippen LogP contribution in [0.2, 0.25) is 0 Å². The Balaban J connectivity index is 0.875. The van der Waals surface area contributed by atoms with Gasteiger partial charge in [0.15, 0.2) is 23.2 Å². The highest BCUT2D eigenvalue weighted by Gasteiger charge is 2.25. The zero-order valence-corrected chi connectivity index (χ0v) is 60.8. The van der Waals surface area contributed by atoms with Gasteiger partial charge in [-0.05, 0) is 195 Å². The summed E-state index contributed by atoms with van der Waals surface area (Å²) in [6, 6.07) is 106. The van der Waals surface area contributed by atoms with Gasteiger partial charge in [0.25, 0.3) is 0 Å². The van der Waals surface area contributed by atoms with Crippen molar-refractivity contribution in [2.24, 2.45) is 0 Å². The largest absolute Gasteiger partial charge is 0.457 e. The molecule has 0 saturated heterocycles. The van der Waals surface area contributed by atoms with Crippen LogP contribution < -0.4 is 0 Å². The van der Waals surface area contributed by atoms with Crippen LogP contribution in [0.5, 0.6) is 0 Å². The van der Waals surface area contributed by atoms with E-state index in [0.717, 1.165) is 33.4 Å². The molecule has 0 atom stereocenters. The second kappa shape index (κ2) is 31.3. The summed E-state index contributed by atoms with van der Waals surface area (Å²) in [6.45, 7) is 7.88. The molecule has 0 aliphatic carbocycles. The molecule has 0 aliphatic rings. The summed E-state index contributed by atoms with van der Waals surface area (Å²) in [5, 5.41) is 23.4. The van der Waals surface area contributed by atoms with E-state index in [9.17, 15) is 29.7 Å². The summed E-state index contributed by atoms with van der Waals surface area (Å²) in [4.78, 5) is 76.7. The molecule has 0 unspecified atom stereocenters. The number of ether oxygens (including phenoxy) is 4. The molecule has 542 valence electrons. The molecule has 0 saturated carbocycles. The van der Waals surface area contributed by atoms with Crippen molar-refractivity contribution in [2.75, 3.05) is 0 Å². The minimum absolute atomic E-state index is 0.0448. The molecule has 16 nitrogen and oxygen atoms in total. The Kier molecular flexibility index (Phi) is 19.5. The molecule has 114 heavy (non-hydrogen) atoms. The number of rotatable bonds is 20. The Labute approximate surface area is 654 Å². The monoisotopic (exact) mass is 1480 g/mol. The molecule has 0 aliphatic heterocycles. The van der Waals surface area contributed by atoms with Gasteiger partial charge in [0.2, 0.25) is 0 Å². The molecule has 17 rings (SSSR count). The fourth-order valence-electron chi connectivity index (χ4n) is 14.3. The summed E-state index contributed by atoms with van der Waals surface area (Å²) in [7, 11) is 0. The third-order valence-corrected chi connectivity index (χ3v) is 19.9. The maximum Gasteiger partial charge on any atom is 0.338 e. The highest BCUT2D eigenvalue weighted by molar-refractivity contribution is 6.15. The molecular weight excluding hydrogens is 1420 g/mol. The van der Waals surface area contributed by atoms with Gasteiger partial charge in [-0.2, -0.15) is 10.5 Å². The minimum atomic E-state index is -0.546. The zero-order chi connectivity index (χ0) is 77.6. The van der Waals surface area contributed by atoms with E-state index in [4.69, 9.17) is 40.5 Å².